The molecule has 3 aliphatic rings. The van der Waals surface area contributed by atoms with E-state index in [1.807, 2.05) is 6.92 Å². The standard InChI is InChI=1S/C15H23ClO4/c1-12(2)8(16)5-6-13(3)10(11(17)18)14(4,19)7-9-15(12,13)20-9/h8-10,19H,5-7H2,1-4H3,(H,17,18)/t8-,9?,10+,13+,14+,15+/m0/s1. The van der Waals surface area contributed by atoms with Crippen LogP contribution in [0.2, 0.25) is 0 Å². The quantitative estimate of drug-likeness (QED) is 0.576. The van der Waals surface area contributed by atoms with Gasteiger partial charge in [0.25, 0.3) is 0 Å². The molecule has 1 heterocycles. The van der Waals surface area contributed by atoms with E-state index in [1.54, 1.807) is 6.92 Å². The Labute approximate surface area is 124 Å². The van der Waals surface area contributed by atoms with Crippen LogP contribution in [-0.4, -0.2) is 38.9 Å². The van der Waals surface area contributed by atoms with Crippen LogP contribution in [0.3, 0.4) is 0 Å². The molecule has 114 valence electrons. The highest BCUT2D eigenvalue weighted by molar-refractivity contribution is 6.21. The highest BCUT2D eigenvalue weighted by Crippen LogP contribution is 2.74. The van der Waals surface area contributed by atoms with Gasteiger partial charge in [0.1, 0.15) is 5.60 Å². The second kappa shape index (κ2) is 3.71. The van der Waals surface area contributed by atoms with E-state index in [1.165, 1.54) is 0 Å². The maximum Gasteiger partial charge on any atom is 0.310 e. The number of hydrogen-bond acceptors (Lipinski definition) is 3. The zero-order valence-corrected chi connectivity index (χ0v) is 13.2. The molecular weight excluding hydrogens is 280 g/mol. The fourth-order valence-electron chi connectivity index (χ4n) is 5.46. The van der Waals surface area contributed by atoms with Crippen molar-refractivity contribution >= 4 is 17.6 Å². The number of ether oxygens (including phenoxy) is 1. The molecule has 2 saturated carbocycles. The van der Waals surface area contributed by atoms with E-state index in [9.17, 15) is 15.0 Å². The summed E-state index contributed by atoms with van der Waals surface area (Å²) in [5, 5.41) is 20.3. The maximum atomic E-state index is 11.8. The molecule has 0 bridgehead atoms. The summed E-state index contributed by atoms with van der Waals surface area (Å²) in [5.41, 5.74) is -2.63. The lowest BCUT2D eigenvalue weighted by atomic mass is 9.45. The molecule has 2 N–H and O–H groups in total. The van der Waals surface area contributed by atoms with Gasteiger partial charge in [-0.2, -0.15) is 0 Å². The zero-order chi connectivity index (χ0) is 15.1. The number of hydrogen-bond donors (Lipinski definition) is 2. The molecule has 3 rings (SSSR count). The lowest BCUT2D eigenvalue weighted by Crippen LogP contribution is -2.67. The van der Waals surface area contributed by atoms with Gasteiger partial charge >= 0.3 is 5.97 Å². The Bertz CT molecular complexity index is 474. The first-order chi connectivity index (χ1) is 9.01. The van der Waals surface area contributed by atoms with Crippen molar-refractivity contribution < 1.29 is 19.7 Å². The molecule has 4 nitrogen and oxygen atoms in total. The summed E-state index contributed by atoms with van der Waals surface area (Å²) >= 11 is 6.51. The Balaban J connectivity index is 2.14. The van der Waals surface area contributed by atoms with E-state index >= 15 is 0 Å². The molecule has 0 radical (unpaired) electrons. The number of halogens is 1. The zero-order valence-electron chi connectivity index (χ0n) is 12.4. The van der Waals surface area contributed by atoms with Crippen LogP contribution in [0.25, 0.3) is 0 Å². The van der Waals surface area contributed by atoms with Gasteiger partial charge in [0.15, 0.2) is 0 Å². The number of aliphatic hydroxyl groups is 1. The van der Waals surface area contributed by atoms with Crippen molar-refractivity contribution in [1.82, 2.24) is 0 Å². The first-order valence-electron chi connectivity index (χ1n) is 7.28. The summed E-state index contributed by atoms with van der Waals surface area (Å²) in [5.74, 6) is -1.76. The van der Waals surface area contributed by atoms with E-state index in [2.05, 4.69) is 13.8 Å². The number of carbonyl (C=O) groups is 1. The van der Waals surface area contributed by atoms with Gasteiger partial charge in [0.05, 0.1) is 17.6 Å². The van der Waals surface area contributed by atoms with Gasteiger partial charge in [0, 0.05) is 22.6 Å². The molecular formula is C15H23ClO4. The third-order valence-electron chi connectivity index (χ3n) is 6.33. The fourth-order valence-corrected chi connectivity index (χ4v) is 5.73. The smallest absolute Gasteiger partial charge is 0.310 e. The summed E-state index contributed by atoms with van der Waals surface area (Å²) in [6.45, 7) is 7.73. The summed E-state index contributed by atoms with van der Waals surface area (Å²) in [4.78, 5) is 11.8. The number of alkyl halides is 1. The molecule has 6 atom stereocenters. The van der Waals surface area contributed by atoms with E-state index in [0.29, 0.717) is 12.8 Å². The van der Waals surface area contributed by atoms with Crippen LogP contribution in [0, 0.1) is 16.7 Å². The monoisotopic (exact) mass is 302 g/mol. The van der Waals surface area contributed by atoms with Gasteiger partial charge in [-0.3, -0.25) is 4.79 Å². The predicted octanol–water partition coefficient (Wildman–Crippen LogP) is 2.41. The van der Waals surface area contributed by atoms with Gasteiger partial charge in [-0.1, -0.05) is 20.8 Å². The van der Waals surface area contributed by atoms with Crippen molar-refractivity contribution in [2.45, 2.75) is 69.6 Å². The normalized spacial score (nSPS) is 56.6. The van der Waals surface area contributed by atoms with Gasteiger partial charge in [-0.15, -0.1) is 11.6 Å². The third kappa shape index (κ3) is 1.38. The third-order valence-corrected chi connectivity index (χ3v) is 7.10. The topological polar surface area (TPSA) is 70.1 Å². The summed E-state index contributed by atoms with van der Waals surface area (Å²) in [6, 6.07) is 0. The molecule has 1 unspecified atom stereocenters. The molecule has 3 fully saturated rings. The average molecular weight is 303 g/mol. The van der Waals surface area contributed by atoms with Crippen LogP contribution in [-0.2, 0) is 9.53 Å². The Morgan fingerprint density at radius 1 is 1.30 bits per heavy atom. The lowest BCUT2D eigenvalue weighted by Gasteiger charge is -2.58. The minimum atomic E-state index is -1.24. The van der Waals surface area contributed by atoms with Crippen molar-refractivity contribution in [3.05, 3.63) is 0 Å². The van der Waals surface area contributed by atoms with E-state index in [0.717, 1.165) is 6.42 Å². The number of epoxide rings is 1. The SMILES string of the molecule is CC1(C)[C@@H](Cl)CC[C@]2(C)[C@@H](C(=O)O)[C@](C)(O)CC3O[C@]312. The van der Waals surface area contributed by atoms with Gasteiger partial charge in [0.2, 0.25) is 0 Å². The van der Waals surface area contributed by atoms with E-state index in [-0.39, 0.29) is 16.9 Å². The van der Waals surface area contributed by atoms with Gasteiger partial charge in [-0.25, -0.2) is 0 Å². The molecule has 1 aliphatic heterocycles. The second-order valence-corrected chi connectivity index (χ2v) is 8.35. The highest BCUT2D eigenvalue weighted by Gasteiger charge is 2.83. The Hall–Kier alpha value is -0.320. The van der Waals surface area contributed by atoms with Gasteiger partial charge in [-0.05, 0) is 19.8 Å². The van der Waals surface area contributed by atoms with Crippen molar-refractivity contribution in [3.8, 4) is 0 Å². The second-order valence-electron chi connectivity index (χ2n) is 7.82. The summed E-state index contributed by atoms with van der Waals surface area (Å²) < 4.78 is 6.07. The molecule has 0 aromatic heterocycles. The van der Waals surface area contributed by atoms with Crippen molar-refractivity contribution in [2.24, 2.45) is 16.7 Å². The first-order valence-corrected chi connectivity index (χ1v) is 7.71. The molecule has 0 amide bonds. The van der Waals surface area contributed by atoms with Crippen molar-refractivity contribution in [3.63, 3.8) is 0 Å². The van der Waals surface area contributed by atoms with Crippen LogP contribution in [0.4, 0.5) is 0 Å². The minimum Gasteiger partial charge on any atom is -0.481 e. The summed E-state index contributed by atoms with van der Waals surface area (Å²) in [7, 11) is 0. The van der Waals surface area contributed by atoms with Crippen molar-refractivity contribution in [2.75, 3.05) is 0 Å². The van der Waals surface area contributed by atoms with E-state index in [4.69, 9.17) is 16.3 Å². The Morgan fingerprint density at radius 3 is 2.45 bits per heavy atom. The fraction of sp³-hybridized carbons (Fsp3) is 0.933. The largest absolute Gasteiger partial charge is 0.481 e. The molecule has 5 heteroatoms. The number of rotatable bonds is 1. The first kappa shape index (κ1) is 14.6. The van der Waals surface area contributed by atoms with Crippen LogP contribution < -0.4 is 0 Å². The van der Waals surface area contributed by atoms with Crippen LogP contribution >= 0.6 is 11.6 Å². The summed E-state index contributed by atoms with van der Waals surface area (Å²) in [6.07, 6.45) is 1.71. The van der Waals surface area contributed by atoms with Crippen molar-refractivity contribution in [1.29, 1.82) is 0 Å². The molecule has 2 aliphatic carbocycles. The molecule has 1 spiro atoms. The molecule has 0 aromatic rings. The molecule has 1 saturated heterocycles. The van der Waals surface area contributed by atoms with Crippen LogP contribution in [0.1, 0.15) is 47.0 Å². The minimum absolute atomic E-state index is 0.0296. The number of carboxylic acid groups (broad SMARTS) is 1. The lowest BCUT2D eigenvalue weighted by molar-refractivity contribution is -0.183. The molecule has 20 heavy (non-hydrogen) atoms. The maximum absolute atomic E-state index is 11.8. The van der Waals surface area contributed by atoms with Crippen LogP contribution in [0.15, 0.2) is 0 Å². The molecule has 0 aromatic carbocycles. The van der Waals surface area contributed by atoms with Crippen LogP contribution in [0.5, 0.6) is 0 Å². The van der Waals surface area contributed by atoms with E-state index < -0.39 is 28.5 Å². The average Bonchev–Trinajstić information content (AvgIpc) is 2.98. The number of carboxylic acids is 1. The van der Waals surface area contributed by atoms with Gasteiger partial charge < -0.3 is 14.9 Å². The number of aliphatic carboxylic acids is 1. The Morgan fingerprint density at radius 2 is 1.90 bits per heavy atom. The Kier molecular flexibility index (Phi) is 2.71. The highest BCUT2D eigenvalue weighted by atomic mass is 35.5. The predicted molar refractivity (Wildman–Crippen MR) is 74.7 cm³/mol.